The summed E-state index contributed by atoms with van der Waals surface area (Å²) in [7, 11) is 2.82. The molecular weight excluding hydrogens is 243 g/mol. The van der Waals surface area contributed by atoms with Crippen LogP contribution in [0.2, 0.25) is 0 Å². The molecule has 100 valence electrons. The Bertz CT molecular complexity index is 444. The number of hydrogen-bond acceptors (Lipinski definition) is 4. The molecule has 0 saturated heterocycles. The molecular formula is C12H15FO5. The number of halogens is 1. The molecule has 0 amide bonds. The molecule has 0 spiro atoms. The molecule has 2 atom stereocenters. The van der Waals surface area contributed by atoms with Gasteiger partial charge in [0.2, 0.25) is 6.17 Å². The first-order valence-electron chi connectivity index (χ1n) is 5.16. The summed E-state index contributed by atoms with van der Waals surface area (Å²) < 4.78 is 23.5. The van der Waals surface area contributed by atoms with Gasteiger partial charge in [-0.2, -0.15) is 0 Å². The van der Waals surface area contributed by atoms with Crippen molar-refractivity contribution in [2.75, 3.05) is 14.2 Å². The van der Waals surface area contributed by atoms with Crippen LogP contribution >= 0.6 is 0 Å². The van der Waals surface area contributed by atoms with Crippen LogP contribution in [-0.2, 0) is 10.4 Å². The number of aliphatic carboxylic acids is 1. The average Bonchev–Trinajstić information content (AvgIpc) is 2.36. The summed E-state index contributed by atoms with van der Waals surface area (Å²) in [6.45, 7) is 1.09. The average molecular weight is 258 g/mol. The van der Waals surface area contributed by atoms with Crippen LogP contribution in [0.5, 0.6) is 11.5 Å². The fourth-order valence-corrected chi connectivity index (χ4v) is 1.54. The van der Waals surface area contributed by atoms with E-state index in [2.05, 4.69) is 0 Å². The first-order valence-corrected chi connectivity index (χ1v) is 5.16. The Morgan fingerprint density at radius 2 is 1.89 bits per heavy atom. The molecule has 18 heavy (non-hydrogen) atoms. The third-order valence-electron chi connectivity index (χ3n) is 2.68. The monoisotopic (exact) mass is 258 g/mol. The second-order valence-electron chi connectivity index (χ2n) is 3.92. The second kappa shape index (κ2) is 5.22. The molecule has 2 N–H and O–H groups in total. The molecule has 0 radical (unpaired) electrons. The Morgan fingerprint density at radius 1 is 1.33 bits per heavy atom. The number of benzene rings is 1. The smallest absolute Gasteiger partial charge is 0.341 e. The van der Waals surface area contributed by atoms with Crippen molar-refractivity contribution >= 4 is 5.97 Å². The third-order valence-corrected chi connectivity index (χ3v) is 2.68. The molecule has 1 aromatic carbocycles. The van der Waals surface area contributed by atoms with Crippen LogP contribution in [0, 0.1) is 0 Å². The minimum atomic E-state index is -2.43. The van der Waals surface area contributed by atoms with Crippen LogP contribution in [0.25, 0.3) is 0 Å². The molecule has 0 aromatic heterocycles. The molecule has 1 rings (SSSR count). The maximum Gasteiger partial charge on any atom is 0.341 e. The summed E-state index contributed by atoms with van der Waals surface area (Å²) in [6, 6.07) is 4.20. The molecule has 0 fully saturated rings. The van der Waals surface area contributed by atoms with E-state index in [1.807, 2.05) is 0 Å². The summed E-state index contributed by atoms with van der Waals surface area (Å²) in [5, 5.41) is 18.6. The van der Waals surface area contributed by atoms with E-state index in [1.54, 1.807) is 0 Å². The number of ether oxygens (including phenoxy) is 2. The fraction of sp³-hybridized carbons (Fsp3) is 0.417. The van der Waals surface area contributed by atoms with Crippen molar-refractivity contribution in [3.63, 3.8) is 0 Å². The van der Waals surface area contributed by atoms with Gasteiger partial charge in [-0.15, -0.1) is 0 Å². The molecule has 0 aliphatic rings. The van der Waals surface area contributed by atoms with Crippen LogP contribution in [-0.4, -0.2) is 36.6 Å². The second-order valence-corrected chi connectivity index (χ2v) is 3.92. The Kier molecular flexibility index (Phi) is 4.13. The first-order chi connectivity index (χ1) is 8.34. The number of carboxylic acids is 1. The highest BCUT2D eigenvalue weighted by atomic mass is 19.1. The zero-order chi connectivity index (χ0) is 13.9. The molecule has 0 aliphatic heterocycles. The lowest BCUT2D eigenvalue weighted by Gasteiger charge is -2.25. The van der Waals surface area contributed by atoms with E-state index >= 15 is 0 Å². The van der Waals surface area contributed by atoms with Gasteiger partial charge >= 0.3 is 5.97 Å². The Hall–Kier alpha value is -1.82. The zero-order valence-corrected chi connectivity index (χ0v) is 10.3. The van der Waals surface area contributed by atoms with Gasteiger partial charge in [-0.25, -0.2) is 9.18 Å². The van der Waals surface area contributed by atoms with Crippen molar-refractivity contribution in [3.05, 3.63) is 23.8 Å². The normalized spacial score (nSPS) is 15.6. The van der Waals surface area contributed by atoms with Gasteiger partial charge in [0.05, 0.1) is 14.2 Å². The van der Waals surface area contributed by atoms with Gasteiger partial charge in [0.25, 0.3) is 0 Å². The third kappa shape index (κ3) is 2.53. The molecule has 2 unspecified atom stereocenters. The standard InChI is InChI=1S/C12H15FO5/c1-12(16,10(13)11(14)15)7-4-5-8(17-2)9(6-7)18-3/h4-6,10,16H,1-3H3,(H,14,15). The topological polar surface area (TPSA) is 76.0 Å². The number of rotatable bonds is 5. The SMILES string of the molecule is COc1ccc(C(C)(O)C(F)C(=O)O)cc1OC. The number of alkyl halides is 1. The predicted molar refractivity (Wildman–Crippen MR) is 61.6 cm³/mol. The number of hydrogen-bond donors (Lipinski definition) is 2. The molecule has 5 nitrogen and oxygen atoms in total. The van der Waals surface area contributed by atoms with E-state index in [9.17, 15) is 14.3 Å². The van der Waals surface area contributed by atoms with Crippen LogP contribution in [0.3, 0.4) is 0 Å². The zero-order valence-electron chi connectivity index (χ0n) is 10.3. The summed E-state index contributed by atoms with van der Waals surface area (Å²) >= 11 is 0. The lowest BCUT2D eigenvalue weighted by atomic mass is 9.90. The van der Waals surface area contributed by atoms with E-state index in [-0.39, 0.29) is 11.3 Å². The van der Waals surface area contributed by atoms with E-state index in [4.69, 9.17) is 14.6 Å². The molecule has 1 aromatic rings. The first kappa shape index (κ1) is 14.2. The molecule has 6 heteroatoms. The number of carboxylic acid groups (broad SMARTS) is 1. The van der Waals surface area contributed by atoms with Crippen LogP contribution < -0.4 is 9.47 Å². The van der Waals surface area contributed by atoms with Crippen LogP contribution in [0.4, 0.5) is 4.39 Å². The van der Waals surface area contributed by atoms with Gasteiger partial charge in [-0.05, 0) is 24.6 Å². The fourth-order valence-electron chi connectivity index (χ4n) is 1.54. The van der Waals surface area contributed by atoms with Gasteiger partial charge in [0.15, 0.2) is 11.5 Å². The maximum atomic E-state index is 13.5. The minimum absolute atomic E-state index is 0.0926. The maximum absolute atomic E-state index is 13.5. The molecule has 0 heterocycles. The Morgan fingerprint density at radius 3 is 2.33 bits per heavy atom. The minimum Gasteiger partial charge on any atom is -0.493 e. The summed E-state index contributed by atoms with van der Waals surface area (Å²) in [6.07, 6.45) is -2.43. The van der Waals surface area contributed by atoms with Crippen molar-refractivity contribution in [1.82, 2.24) is 0 Å². The molecule has 0 aliphatic carbocycles. The van der Waals surface area contributed by atoms with Gasteiger partial charge in [0, 0.05) is 0 Å². The van der Waals surface area contributed by atoms with Gasteiger partial charge < -0.3 is 19.7 Å². The van der Waals surface area contributed by atoms with Crippen molar-refractivity contribution in [2.24, 2.45) is 0 Å². The Labute approximate surface area is 104 Å². The number of methoxy groups -OCH3 is 2. The highest BCUT2D eigenvalue weighted by Crippen LogP contribution is 2.34. The largest absolute Gasteiger partial charge is 0.493 e. The highest BCUT2D eigenvalue weighted by Gasteiger charge is 2.40. The summed E-state index contributed by atoms with van der Waals surface area (Å²) in [5.41, 5.74) is -2.05. The van der Waals surface area contributed by atoms with Crippen molar-refractivity contribution in [1.29, 1.82) is 0 Å². The number of aliphatic hydroxyl groups is 1. The van der Waals surface area contributed by atoms with Crippen molar-refractivity contribution < 1.29 is 28.9 Å². The van der Waals surface area contributed by atoms with Crippen LogP contribution in [0.15, 0.2) is 18.2 Å². The van der Waals surface area contributed by atoms with Crippen molar-refractivity contribution in [3.8, 4) is 11.5 Å². The number of carbonyl (C=O) groups is 1. The predicted octanol–water partition coefficient (Wildman–Crippen LogP) is 1.33. The highest BCUT2D eigenvalue weighted by molar-refractivity contribution is 5.74. The molecule has 0 saturated carbocycles. The lowest BCUT2D eigenvalue weighted by Crippen LogP contribution is -2.39. The van der Waals surface area contributed by atoms with Crippen molar-refractivity contribution in [2.45, 2.75) is 18.7 Å². The Balaban J connectivity index is 3.21. The summed E-state index contributed by atoms with van der Waals surface area (Å²) in [4.78, 5) is 10.6. The van der Waals surface area contributed by atoms with Crippen LogP contribution in [0.1, 0.15) is 12.5 Å². The van der Waals surface area contributed by atoms with Gasteiger partial charge in [0.1, 0.15) is 5.60 Å². The molecule has 0 bridgehead atoms. The van der Waals surface area contributed by atoms with E-state index in [0.29, 0.717) is 5.75 Å². The van der Waals surface area contributed by atoms with E-state index < -0.39 is 17.7 Å². The van der Waals surface area contributed by atoms with E-state index in [0.717, 1.165) is 6.92 Å². The summed E-state index contributed by atoms with van der Waals surface area (Å²) in [5.74, 6) is -1.04. The van der Waals surface area contributed by atoms with E-state index in [1.165, 1.54) is 32.4 Å². The quantitative estimate of drug-likeness (QED) is 0.833. The van der Waals surface area contributed by atoms with Gasteiger partial charge in [-0.1, -0.05) is 6.07 Å². The van der Waals surface area contributed by atoms with Gasteiger partial charge in [-0.3, -0.25) is 0 Å². The lowest BCUT2D eigenvalue weighted by molar-refractivity contribution is -0.153.